The number of likely N-dealkylation sites (tertiary alicyclic amines) is 1. The molecular formula is C16H21NO6. The van der Waals surface area contributed by atoms with Crippen LogP contribution in [-0.4, -0.2) is 55.3 Å². The molecule has 1 saturated heterocycles. The minimum absolute atomic E-state index is 0.300. The molecule has 0 aromatic heterocycles. The molecule has 0 bridgehead atoms. The lowest BCUT2D eigenvalue weighted by Crippen LogP contribution is -2.50. The molecule has 0 aliphatic carbocycles. The number of hydrogen-bond acceptors (Lipinski definition) is 5. The monoisotopic (exact) mass is 323 g/mol. The zero-order chi connectivity index (χ0) is 17.2. The molecule has 0 radical (unpaired) electrons. The first-order valence-corrected chi connectivity index (χ1v) is 7.24. The number of carbonyl (C=O) groups excluding carboxylic acids is 1. The summed E-state index contributed by atoms with van der Waals surface area (Å²) in [6.07, 6.45) is 1.08. The molecule has 1 aliphatic heterocycles. The second kappa shape index (κ2) is 6.36. The smallest absolute Gasteiger partial charge is 0.329 e. The van der Waals surface area contributed by atoms with Crippen LogP contribution in [-0.2, 0) is 4.79 Å². The third kappa shape index (κ3) is 2.78. The van der Waals surface area contributed by atoms with Gasteiger partial charge in [-0.2, -0.15) is 0 Å². The normalized spacial score (nSPS) is 20.3. The minimum Gasteiger partial charge on any atom is -0.493 e. The summed E-state index contributed by atoms with van der Waals surface area (Å²) in [5, 5.41) is 9.46. The molecule has 1 aliphatic rings. The molecule has 1 N–H and O–H groups in total. The van der Waals surface area contributed by atoms with Crippen molar-refractivity contribution in [1.82, 2.24) is 4.90 Å². The van der Waals surface area contributed by atoms with Gasteiger partial charge in [-0.15, -0.1) is 0 Å². The number of benzene rings is 1. The average molecular weight is 323 g/mol. The van der Waals surface area contributed by atoms with Crippen molar-refractivity contribution >= 4 is 11.9 Å². The summed E-state index contributed by atoms with van der Waals surface area (Å²) < 4.78 is 15.7. The standard InChI is InChI=1S/C16H21NO6/c1-16(15(19)20)6-5-7-17(16)14(18)10-8-11(21-2)13(23-4)12(9-10)22-3/h8-9H,5-7H2,1-4H3,(H,19,20). The molecule has 7 heteroatoms. The van der Waals surface area contributed by atoms with Crippen molar-refractivity contribution in [3.63, 3.8) is 0 Å². The van der Waals surface area contributed by atoms with Gasteiger partial charge in [0.25, 0.3) is 5.91 Å². The summed E-state index contributed by atoms with van der Waals surface area (Å²) in [6.45, 7) is 1.97. The molecule has 1 atom stereocenters. The predicted octanol–water partition coefficient (Wildman–Crippen LogP) is 1.79. The Bertz CT molecular complexity index is 604. The van der Waals surface area contributed by atoms with Crippen LogP contribution in [0.25, 0.3) is 0 Å². The molecule has 1 aromatic rings. The number of aliphatic carboxylic acids is 1. The largest absolute Gasteiger partial charge is 0.493 e. The van der Waals surface area contributed by atoms with E-state index in [-0.39, 0.29) is 5.91 Å². The zero-order valence-electron chi connectivity index (χ0n) is 13.7. The number of nitrogens with zero attached hydrogens (tertiary/aromatic N) is 1. The molecule has 1 aromatic carbocycles. The molecule has 126 valence electrons. The van der Waals surface area contributed by atoms with E-state index in [4.69, 9.17) is 14.2 Å². The minimum atomic E-state index is -1.20. The van der Waals surface area contributed by atoms with E-state index in [1.165, 1.54) is 38.4 Å². The third-order valence-corrected chi connectivity index (χ3v) is 4.26. The Morgan fingerprint density at radius 2 is 1.70 bits per heavy atom. The van der Waals surface area contributed by atoms with Crippen LogP contribution in [0, 0.1) is 0 Å². The molecule has 0 spiro atoms. The SMILES string of the molecule is COc1cc(C(=O)N2CCCC2(C)C(=O)O)cc(OC)c1OC. The third-order valence-electron chi connectivity index (χ3n) is 4.26. The number of rotatable bonds is 5. The van der Waals surface area contributed by atoms with Crippen LogP contribution >= 0.6 is 0 Å². The summed E-state index contributed by atoms with van der Waals surface area (Å²) in [6, 6.07) is 3.06. The molecule has 2 rings (SSSR count). The van der Waals surface area contributed by atoms with Crippen LogP contribution in [0.5, 0.6) is 17.2 Å². The number of carboxylic acids is 1. The van der Waals surface area contributed by atoms with Crippen molar-refractivity contribution in [3.05, 3.63) is 17.7 Å². The Kier molecular flexibility index (Phi) is 4.68. The van der Waals surface area contributed by atoms with E-state index in [1.54, 1.807) is 6.92 Å². The highest BCUT2D eigenvalue weighted by molar-refractivity contribution is 5.99. The highest BCUT2D eigenvalue weighted by Crippen LogP contribution is 2.39. The van der Waals surface area contributed by atoms with Gasteiger partial charge in [0.1, 0.15) is 5.54 Å². The number of methoxy groups -OCH3 is 3. The van der Waals surface area contributed by atoms with Crippen molar-refractivity contribution < 1.29 is 28.9 Å². The maximum Gasteiger partial charge on any atom is 0.329 e. The van der Waals surface area contributed by atoms with E-state index in [0.717, 1.165) is 0 Å². The van der Waals surface area contributed by atoms with Gasteiger partial charge in [-0.3, -0.25) is 4.79 Å². The van der Waals surface area contributed by atoms with E-state index < -0.39 is 11.5 Å². The van der Waals surface area contributed by atoms with Gasteiger partial charge >= 0.3 is 5.97 Å². The van der Waals surface area contributed by atoms with E-state index in [9.17, 15) is 14.7 Å². The number of amides is 1. The maximum absolute atomic E-state index is 12.8. The van der Waals surface area contributed by atoms with Gasteiger partial charge in [0.15, 0.2) is 11.5 Å². The van der Waals surface area contributed by atoms with Crippen molar-refractivity contribution in [3.8, 4) is 17.2 Å². The second-order valence-corrected chi connectivity index (χ2v) is 5.55. The first kappa shape index (κ1) is 16.9. The van der Waals surface area contributed by atoms with Crippen molar-refractivity contribution in [2.75, 3.05) is 27.9 Å². The van der Waals surface area contributed by atoms with Gasteiger partial charge in [0.2, 0.25) is 5.75 Å². The maximum atomic E-state index is 12.8. The Labute approximate surface area is 134 Å². The molecule has 7 nitrogen and oxygen atoms in total. The average Bonchev–Trinajstić information content (AvgIpc) is 2.95. The van der Waals surface area contributed by atoms with Gasteiger partial charge < -0.3 is 24.2 Å². The van der Waals surface area contributed by atoms with Gasteiger partial charge in [-0.1, -0.05) is 0 Å². The van der Waals surface area contributed by atoms with Gasteiger partial charge in [0.05, 0.1) is 21.3 Å². The summed E-state index contributed by atoms with van der Waals surface area (Å²) in [5.74, 6) is -0.283. The van der Waals surface area contributed by atoms with Crippen LogP contribution < -0.4 is 14.2 Å². The molecule has 23 heavy (non-hydrogen) atoms. The lowest BCUT2D eigenvalue weighted by atomic mass is 9.98. The Hall–Kier alpha value is -2.44. The Morgan fingerprint density at radius 1 is 1.13 bits per heavy atom. The van der Waals surface area contributed by atoms with Crippen molar-refractivity contribution in [2.24, 2.45) is 0 Å². The number of carboxylic acid groups (broad SMARTS) is 1. The fourth-order valence-electron chi connectivity index (χ4n) is 2.87. The second-order valence-electron chi connectivity index (χ2n) is 5.55. The summed E-state index contributed by atoms with van der Waals surface area (Å²) in [5.41, 5.74) is -0.897. The van der Waals surface area contributed by atoms with Crippen LogP contribution in [0.3, 0.4) is 0 Å². The topological polar surface area (TPSA) is 85.3 Å². The van der Waals surface area contributed by atoms with E-state index in [1.807, 2.05) is 0 Å². The highest BCUT2D eigenvalue weighted by Gasteiger charge is 2.46. The Balaban J connectivity index is 2.45. The quantitative estimate of drug-likeness (QED) is 0.889. The fraction of sp³-hybridized carbons (Fsp3) is 0.500. The Morgan fingerprint density at radius 3 is 2.13 bits per heavy atom. The molecule has 1 heterocycles. The lowest BCUT2D eigenvalue weighted by Gasteiger charge is -2.31. The van der Waals surface area contributed by atoms with Crippen LogP contribution in [0.15, 0.2) is 12.1 Å². The summed E-state index contributed by atoms with van der Waals surface area (Å²) >= 11 is 0. The summed E-state index contributed by atoms with van der Waals surface area (Å²) in [4.78, 5) is 25.8. The predicted molar refractivity (Wildman–Crippen MR) is 82.4 cm³/mol. The van der Waals surface area contributed by atoms with Crippen molar-refractivity contribution in [1.29, 1.82) is 0 Å². The molecule has 0 saturated carbocycles. The number of ether oxygens (including phenoxy) is 3. The highest BCUT2D eigenvalue weighted by atomic mass is 16.5. The first-order valence-electron chi connectivity index (χ1n) is 7.24. The first-order chi connectivity index (χ1) is 10.9. The van der Waals surface area contributed by atoms with E-state index in [0.29, 0.717) is 42.2 Å². The lowest BCUT2D eigenvalue weighted by molar-refractivity contribution is -0.147. The van der Waals surface area contributed by atoms with Crippen LogP contribution in [0.1, 0.15) is 30.1 Å². The van der Waals surface area contributed by atoms with E-state index in [2.05, 4.69) is 0 Å². The molecule has 1 fully saturated rings. The van der Waals surface area contributed by atoms with Crippen LogP contribution in [0.4, 0.5) is 0 Å². The molecular weight excluding hydrogens is 302 g/mol. The summed E-state index contributed by atoms with van der Waals surface area (Å²) in [7, 11) is 4.40. The van der Waals surface area contributed by atoms with Gasteiger partial charge in [0, 0.05) is 12.1 Å². The fourth-order valence-corrected chi connectivity index (χ4v) is 2.87. The van der Waals surface area contributed by atoms with Gasteiger partial charge in [-0.25, -0.2) is 4.79 Å². The van der Waals surface area contributed by atoms with Gasteiger partial charge in [-0.05, 0) is 31.9 Å². The molecule has 1 amide bonds. The van der Waals surface area contributed by atoms with Crippen LogP contribution in [0.2, 0.25) is 0 Å². The van der Waals surface area contributed by atoms with E-state index >= 15 is 0 Å². The number of carbonyl (C=O) groups is 2. The number of hydrogen-bond donors (Lipinski definition) is 1. The van der Waals surface area contributed by atoms with Crippen molar-refractivity contribution in [2.45, 2.75) is 25.3 Å². The zero-order valence-corrected chi connectivity index (χ0v) is 13.7. The molecule has 1 unspecified atom stereocenters.